The van der Waals surface area contributed by atoms with Crippen molar-refractivity contribution in [3.8, 4) is 11.5 Å². The van der Waals surface area contributed by atoms with E-state index in [2.05, 4.69) is 20.9 Å². The molecule has 0 atom stereocenters. The fraction of sp³-hybridized carbons (Fsp3) is 0. The van der Waals surface area contributed by atoms with E-state index >= 15 is 0 Å². The monoisotopic (exact) mass is 277 g/mol. The van der Waals surface area contributed by atoms with Gasteiger partial charge in [-0.05, 0) is 24.3 Å². The first kappa shape index (κ1) is 10.8. The van der Waals surface area contributed by atoms with E-state index in [4.69, 9.17) is 4.74 Å². The minimum Gasteiger partial charge on any atom is -0.456 e. The van der Waals surface area contributed by atoms with E-state index < -0.39 is 0 Å². The third kappa shape index (κ3) is 2.67. The molecule has 2 aromatic rings. The van der Waals surface area contributed by atoms with E-state index in [1.165, 1.54) is 6.20 Å². The molecular formula is C12H8BrNO2. The van der Waals surface area contributed by atoms with Gasteiger partial charge >= 0.3 is 0 Å². The first-order chi connectivity index (χ1) is 7.78. The molecule has 0 aliphatic heterocycles. The maximum atomic E-state index is 10.6. The van der Waals surface area contributed by atoms with Gasteiger partial charge in [0.25, 0.3) is 0 Å². The lowest BCUT2D eigenvalue weighted by Gasteiger charge is -2.05. The number of benzene rings is 1. The van der Waals surface area contributed by atoms with Gasteiger partial charge in [0.2, 0.25) is 0 Å². The predicted molar refractivity (Wildman–Crippen MR) is 63.8 cm³/mol. The predicted octanol–water partition coefficient (Wildman–Crippen LogP) is 3.45. The molecule has 2 rings (SSSR count). The molecule has 3 nitrogen and oxygen atoms in total. The molecule has 4 heteroatoms. The topological polar surface area (TPSA) is 39.2 Å². The Morgan fingerprint density at radius 3 is 2.81 bits per heavy atom. The number of pyridine rings is 1. The van der Waals surface area contributed by atoms with Crippen molar-refractivity contribution in [3.63, 3.8) is 0 Å². The van der Waals surface area contributed by atoms with E-state index in [1.54, 1.807) is 12.3 Å². The Balaban J connectivity index is 2.23. The summed E-state index contributed by atoms with van der Waals surface area (Å²) in [5.74, 6) is 1.24. The number of hydrogen-bond acceptors (Lipinski definition) is 3. The molecule has 0 saturated heterocycles. The van der Waals surface area contributed by atoms with Gasteiger partial charge in [-0.25, -0.2) is 0 Å². The van der Waals surface area contributed by atoms with Crippen LogP contribution in [0.4, 0.5) is 0 Å². The average molecular weight is 278 g/mol. The molecular weight excluding hydrogens is 270 g/mol. The summed E-state index contributed by atoms with van der Waals surface area (Å²) in [4.78, 5) is 14.5. The lowest BCUT2D eigenvalue weighted by Crippen LogP contribution is -1.88. The molecule has 0 spiro atoms. The summed E-state index contributed by atoms with van der Waals surface area (Å²) >= 11 is 3.35. The molecule has 80 valence electrons. The Hall–Kier alpha value is -1.68. The largest absolute Gasteiger partial charge is 0.456 e. The molecule has 0 radical (unpaired) electrons. The van der Waals surface area contributed by atoms with Crippen molar-refractivity contribution in [2.75, 3.05) is 0 Å². The summed E-state index contributed by atoms with van der Waals surface area (Å²) in [5.41, 5.74) is 0.493. The highest BCUT2D eigenvalue weighted by molar-refractivity contribution is 9.10. The van der Waals surface area contributed by atoms with Crippen molar-refractivity contribution >= 4 is 22.2 Å². The number of carbonyl (C=O) groups is 1. The van der Waals surface area contributed by atoms with Crippen LogP contribution in [0.1, 0.15) is 10.4 Å². The van der Waals surface area contributed by atoms with Crippen molar-refractivity contribution in [2.24, 2.45) is 0 Å². The molecule has 0 aliphatic rings. The molecule has 0 aliphatic carbocycles. The average Bonchev–Trinajstić information content (AvgIpc) is 2.29. The highest BCUT2D eigenvalue weighted by Crippen LogP contribution is 2.23. The Bertz CT molecular complexity index is 514. The fourth-order valence-corrected chi connectivity index (χ4v) is 1.60. The van der Waals surface area contributed by atoms with Gasteiger partial charge in [0.1, 0.15) is 11.5 Å². The minimum atomic E-state index is 0.493. The Labute approximate surface area is 101 Å². The molecule has 1 aromatic carbocycles. The second-order valence-corrected chi connectivity index (χ2v) is 4.05. The van der Waals surface area contributed by atoms with Crippen molar-refractivity contribution < 1.29 is 9.53 Å². The first-order valence-electron chi connectivity index (χ1n) is 4.61. The first-order valence-corrected chi connectivity index (χ1v) is 5.41. The highest BCUT2D eigenvalue weighted by atomic mass is 79.9. The van der Waals surface area contributed by atoms with Crippen LogP contribution >= 0.6 is 15.9 Å². The van der Waals surface area contributed by atoms with Crippen LogP contribution in [0.15, 0.2) is 47.2 Å². The smallest absolute Gasteiger partial charge is 0.151 e. The number of hydrogen-bond donors (Lipinski definition) is 0. The van der Waals surface area contributed by atoms with Gasteiger partial charge in [0.05, 0.1) is 6.20 Å². The number of halogens is 1. The van der Waals surface area contributed by atoms with Gasteiger partial charge in [0, 0.05) is 16.2 Å². The fourth-order valence-electron chi connectivity index (χ4n) is 1.22. The summed E-state index contributed by atoms with van der Waals surface area (Å²) in [7, 11) is 0. The van der Waals surface area contributed by atoms with E-state index in [9.17, 15) is 4.79 Å². The third-order valence-electron chi connectivity index (χ3n) is 1.90. The van der Waals surface area contributed by atoms with Crippen molar-refractivity contribution in [2.45, 2.75) is 0 Å². The number of rotatable bonds is 3. The summed E-state index contributed by atoms with van der Waals surface area (Å²) in [6, 6.07) is 9.09. The molecule has 16 heavy (non-hydrogen) atoms. The van der Waals surface area contributed by atoms with Gasteiger partial charge in [0.15, 0.2) is 6.29 Å². The Morgan fingerprint density at radius 1 is 1.19 bits per heavy atom. The van der Waals surface area contributed by atoms with E-state index in [0.717, 1.165) is 10.8 Å². The number of ether oxygens (including phenoxy) is 1. The van der Waals surface area contributed by atoms with Gasteiger partial charge in [-0.1, -0.05) is 22.0 Å². The number of nitrogens with zero attached hydrogens (tertiary/aromatic N) is 1. The molecule has 0 saturated carbocycles. The zero-order valence-electron chi connectivity index (χ0n) is 8.26. The SMILES string of the molecule is O=Cc1cncc(Oc2cccc(Br)c2)c1. The summed E-state index contributed by atoms with van der Waals surface area (Å²) in [5, 5.41) is 0. The van der Waals surface area contributed by atoms with E-state index in [-0.39, 0.29) is 0 Å². The number of aldehydes is 1. The van der Waals surface area contributed by atoms with Crippen LogP contribution in [-0.4, -0.2) is 11.3 Å². The maximum absolute atomic E-state index is 10.6. The number of aromatic nitrogens is 1. The second kappa shape index (κ2) is 4.90. The quantitative estimate of drug-likeness (QED) is 0.807. The molecule has 1 aromatic heterocycles. The van der Waals surface area contributed by atoms with Crippen LogP contribution in [0, 0.1) is 0 Å². The summed E-state index contributed by atoms with van der Waals surface area (Å²) in [6.45, 7) is 0. The van der Waals surface area contributed by atoms with E-state index in [1.807, 2.05) is 24.3 Å². The van der Waals surface area contributed by atoms with Crippen molar-refractivity contribution in [3.05, 3.63) is 52.8 Å². The van der Waals surface area contributed by atoms with Crippen LogP contribution in [0.5, 0.6) is 11.5 Å². The van der Waals surface area contributed by atoms with Crippen molar-refractivity contribution in [1.82, 2.24) is 4.98 Å². The van der Waals surface area contributed by atoms with Gasteiger partial charge in [-0.15, -0.1) is 0 Å². The molecule has 0 N–H and O–H groups in total. The molecule has 0 amide bonds. The van der Waals surface area contributed by atoms with Crippen LogP contribution in [0.25, 0.3) is 0 Å². The van der Waals surface area contributed by atoms with E-state index in [0.29, 0.717) is 17.1 Å². The molecule has 1 heterocycles. The Kier molecular flexibility index (Phi) is 3.31. The van der Waals surface area contributed by atoms with Gasteiger partial charge in [-0.3, -0.25) is 9.78 Å². The van der Waals surface area contributed by atoms with Crippen molar-refractivity contribution in [1.29, 1.82) is 0 Å². The lowest BCUT2D eigenvalue weighted by atomic mass is 10.3. The standard InChI is InChI=1S/C12H8BrNO2/c13-10-2-1-3-11(5-10)16-12-4-9(8-15)6-14-7-12/h1-8H. The highest BCUT2D eigenvalue weighted by Gasteiger charge is 1.99. The molecule has 0 bridgehead atoms. The van der Waals surface area contributed by atoms with Gasteiger partial charge in [-0.2, -0.15) is 0 Å². The van der Waals surface area contributed by atoms with Crippen LogP contribution in [0.3, 0.4) is 0 Å². The zero-order chi connectivity index (χ0) is 11.4. The number of carbonyl (C=O) groups excluding carboxylic acids is 1. The maximum Gasteiger partial charge on any atom is 0.151 e. The Morgan fingerprint density at radius 2 is 2.06 bits per heavy atom. The van der Waals surface area contributed by atoms with Crippen LogP contribution < -0.4 is 4.74 Å². The second-order valence-electron chi connectivity index (χ2n) is 3.13. The molecule has 0 unspecified atom stereocenters. The zero-order valence-corrected chi connectivity index (χ0v) is 9.85. The summed E-state index contributed by atoms with van der Waals surface area (Å²) in [6.07, 6.45) is 3.79. The van der Waals surface area contributed by atoms with Gasteiger partial charge < -0.3 is 4.74 Å². The third-order valence-corrected chi connectivity index (χ3v) is 2.40. The minimum absolute atomic E-state index is 0.493. The normalized spacial score (nSPS) is 9.81. The lowest BCUT2D eigenvalue weighted by molar-refractivity contribution is 0.112. The van der Waals surface area contributed by atoms with Crippen LogP contribution in [-0.2, 0) is 0 Å². The van der Waals surface area contributed by atoms with Crippen LogP contribution in [0.2, 0.25) is 0 Å². The summed E-state index contributed by atoms with van der Waals surface area (Å²) < 4.78 is 6.49. The molecule has 0 fully saturated rings.